The van der Waals surface area contributed by atoms with Gasteiger partial charge in [0.25, 0.3) is 0 Å². The van der Waals surface area contributed by atoms with Gasteiger partial charge in [0, 0.05) is 29.2 Å². The Balaban J connectivity index is 1.68. The average Bonchev–Trinajstić information content (AvgIpc) is 2.96. The number of rotatable bonds is 5. The van der Waals surface area contributed by atoms with Crippen molar-refractivity contribution in [2.75, 3.05) is 6.26 Å². The Kier molecular flexibility index (Phi) is 4.27. The van der Waals surface area contributed by atoms with Crippen LogP contribution >= 0.6 is 11.8 Å². The standard InChI is InChI=1S/C17H19N3S/c1-13(14-6-8-16(21-2)9-7-14)18-11-15-12-19-20-10-4-3-5-17(15)20/h3-10,12-13,18H,11H2,1-2H3. The molecule has 1 unspecified atom stereocenters. The molecular weight excluding hydrogens is 278 g/mol. The molecule has 0 saturated heterocycles. The van der Waals surface area contributed by atoms with Gasteiger partial charge >= 0.3 is 0 Å². The Labute approximate surface area is 129 Å². The number of pyridine rings is 1. The lowest BCUT2D eigenvalue weighted by molar-refractivity contribution is 0.576. The molecule has 0 amide bonds. The quantitative estimate of drug-likeness (QED) is 0.724. The van der Waals surface area contributed by atoms with Crippen molar-refractivity contribution in [1.82, 2.24) is 14.9 Å². The van der Waals surface area contributed by atoms with Crippen molar-refractivity contribution < 1.29 is 0 Å². The van der Waals surface area contributed by atoms with Gasteiger partial charge in [0.15, 0.2) is 0 Å². The largest absolute Gasteiger partial charge is 0.306 e. The molecule has 3 nitrogen and oxygen atoms in total. The van der Waals surface area contributed by atoms with Crippen molar-refractivity contribution in [2.24, 2.45) is 0 Å². The van der Waals surface area contributed by atoms with Crippen LogP contribution in [0.3, 0.4) is 0 Å². The fourth-order valence-electron chi connectivity index (χ4n) is 2.40. The van der Waals surface area contributed by atoms with Gasteiger partial charge in [-0.25, -0.2) is 4.52 Å². The maximum atomic E-state index is 4.37. The van der Waals surface area contributed by atoms with Crippen LogP contribution in [0.25, 0.3) is 5.52 Å². The monoisotopic (exact) mass is 297 g/mol. The number of hydrogen-bond donors (Lipinski definition) is 1. The molecule has 1 atom stereocenters. The SMILES string of the molecule is CSc1ccc(C(C)NCc2cnn3ccccc23)cc1. The highest BCUT2D eigenvalue weighted by atomic mass is 32.2. The molecule has 2 aromatic heterocycles. The summed E-state index contributed by atoms with van der Waals surface area (Å²) in [6.07, 6.45) is 6.01. The van der Waals surface area contributed by atoms with Crippen LogP contribution in [0.1, 0.15) is 24.1 Å². The smallest absolute Gasteiger partial charge is 0.0706 e. The highest BCUT2D eigenvalue weighted by Crippen LogP contribution is 2.19. The number of nitrogens with zero attached hydrogens (tertiary/aromatic N) is 2. The van der Waals surface area contributed by atoms with E-state index < -0.39 is 0 Å². The van der Waals surface area contributed by atoms with E-state index >= 15 is 0 Å². The van der Waals surface area contributed by atoms with Gasteiger partial charge in [0.05, 0.1) is 11.7 Å². The van der Waals surface area contributed by atoms with Crippen molar-refractivity contribution in [3.8, 4) is 0 Å². The molecule has 0 bridgehead atoms. The normalized spacial score (nSPS) is 12.7. The molecule has 1 N–H and O–H groups in total. The van der Waals surface area contributed by atoms with Crippen molar-refractivity contribution >= 4 is 17.3 Å². The highest BCUT2D eigenvalue weighted by molar-refractivity contribution is 7.98. The molecule has 0 aliphatic carbocycles. The van der Waals surface area contributed by atoms with Crippen LogP contribution in [0, 0.1) is 0 Å². The van der Waals surface area contributed by atoms with E-state index in [-0.39, 0.29) is 0 Å². The molecule has 1 aromatic carbocycles. The van der Waals surface area contributed by atoms with Crippen LogP contribution in [0.5, 0.6) is 0 Å². The topological polar surface area (TPSA) is 29.3 Å². The van der Waals surface area contributed by atoms with Gasteiger partial charge in [-0.15, -0.1) is 11.8 Å². The summed E-state index contributed by atoms with van der Waals surface area (Å²) >= 11 is 1.77. The summed E-state index contributed by atoms with van der Waals surface area (Å²) in [5, 5.41) is 7.94. The third kappa shape index (κ3) is 3.12. The fourth-order valence-corrected chi connectivity index (χ4v) is 2.81. The van der Waals surface area contributed by atoms with E-state index in [1.54, 1.807) is 11.8 Å². The zero-order valence-corrected chi connectivity index (χ0v) is 13.1. The van der Waals surface area contributed by atoms with Crippen LogP contribution < -0.4 is 5.32 Å². The molecule has 0 radical (unpaired) electrons. The summed E-state index contributed by atoms with van der Waals surface area (Å²) in [5.74, 6) is 0. The second-order valence-electron chi connectivity index (χ2n) is 5.08. The number of nitrogens with one attached hydrogen (secondary N) is 1. The molecule has 3 rings (SSSR count). The molecule has 2 heterocycles. The van der Waals surface area contributed by atoms with Gasteiger partial charge in [0.1, 0.15) is 0 Å². The number of benzene rings is 1. The zero-order valence-electron chi connectivity index (χ0n) is 12.3. The minimum atomic E-state index is 0.319. The molecule has 4 heteroatoms. The van der Waals surface area contributed by atoms with Gasteiger partial charge in [-0.2, -0.15) is 5.10 Å². The summed E-state index contributed by atoms with van der Waals surface area (Å²) in [6.45, 7) is 3.01. The molecule has 0 aliphatic rings. The lowest BCUT2D eigenvalue weighted by atomic mass is 10.1. The summed E-state index contributed by atoms with van der Waals surface area (Å²) in [7, 11) is 0. The number of thioether (sulfide) groups is 1. The first-order valence-electron chi connectivity index (χ1n) is 7.06. The van der Waals surface area contributed by atoms with Crippen LogP contribution in [-0.2, 0) is 6.54 Å². The predicted octanol–water partition coefficient (Wildman–Crippen LogP) is 3.91. The molecule has 21 heavy (non-hydrogen) atoms. The lowest BCUT2D eigenvalue weighted by Gasteiger charge is -2.14. The van der Waals surface area contributed by atoms with Gasteiger partial charge in [0.2, 0.25) is 0 Å². The summed E-state index contributed by atoms with van der Waals surface area (Å²) in [5.41, 5.74) is 3.70. The second-order valence-corrected chi connectivity index (χ2v) is 5.96. The Morgan fingerprint density at radius 3 is 2.76 bits per heavy atom. The molecule has 0 fully saturated rings. The maximum Gasteiger partial charge on any atom is 0.0706 e. The van der Waals surface area contributed by atoms with E-state index in [4.69, 9.17) is 0 Å². The minimum absolute atomic E-state index is 0.319. The van der Waals surface area contributed by atoms with E-state index in [9.17, 15) is 0 Å². The second kappa shape index (κ2) is 6.33. The number of fused-ring (bicyclic) bond motifs is 1. The van der Waals surface area contributed by atoms with E-state index in [0.29, 0.717) is 6.04 Å². The third-order valence-electron chi connectivity index (χ3n) is 3.72. The van der Waals surface area contributed by atoms with Crippen LogP contribution in [0.2, 0.25) is 0 Å². The molecule has 0 saturated carbocycles. The first kappa shape index (κ1) is 14.2. The van der Waals surface area contributed by atoms with Gasteiger partial charge in [-0.05, 0) is 43.0 Å². The van der Waals surface area contributed by atoms with Crippen molar-refractivity contribution in [1.29, 1.82) is 0 Å². The molecular formula is C17H19N3S. The van der Waals surface area contributed by atoms with Gasteiger partial charge in [-0.3, -0.25) is 0 Å². The van der Waals surface area contributed by atoms with Crippen molar-refractivity contribution in [3.63, 3.8) is 0 Å². The van der Waals surface area contributed by atoms with E-state index in [2.05, 4.69) is 53.9 Å². The summed E-state index contributed by atoms with van der Waals surface area (Å²) < 4.78 is 1.91. The van der Waals surface area contributed by atoms with E-state index in [0.717, 1.165) is 12.1 Å². The summed E-state index contributed by atoms with van der Waals surface area (Å²) in [6, 6.07) is 15.2. The highest BCUT2D eigenvalue weighted by Gasteiger charge is 2.07. The Morgan fingerprint density at radius 1 is 1.19 bits per heavy atom. The van der Waals surface area contributed by atoms with Crippen molar-refractivity contribution in [2.45, 2.75) is 24.4 Å². The van der Waals surface area contributed by atoms with Gasteiger partial charge in [-0.1, -0.05) is 18.2 Å². The maximum absolute atomic E-state index is 4.37. The fraction of sp³-hybridized carbons (Fsp3) is 0.235. The van der Waals surface area contributed by atoms with Crippen molar-refractivity contribution in [3.05, 3.63) is 66.0 Å². The molecule has 3 aromatic rings. The lowest BCUT2D eigenvalue weighted by Crippen LogP contribution is -2.17. The predicted molar refractivity (Wildman–Crippen MR) is 88.7 cm³/mol. The first-order valence-corrected chi connectivity index (χ1v) is 8.29. The minimum Gasteiger partial charge on any atom is -0.306 e. The van der Waals surface area contributed by atoms with E-state index in [1.165, 1.54) is 16.0 Å². The molecule has 0 spiro atoms. The molecule has 0 aliphatic heterocycles. The Bertz CT molecular complexity index is 718. The van der Waals surface area contributed by atoms with Crippen LogP contribution in [0.4, 0.5) is 0 Å². The Hall–Kier alpha value is -1.78. The number of hydrogen-bond acceptors (Lipinski definition) is 3. The third-order valence-corrected chi connectivity index (χ3v) is 4.46. The first-order chi connectivity index (χ1) is 10.3. The van der Waals surface area contributed by atoms with Crippen LogP contribution in [-0.4, -0.2) is 15.9 Å². The van der Waals surface area contributed by atoms with Gasteiger partial charge < -0.3 is 5.32 Å². The zero-order chi connectivity index (χ0) is 14.7. The molecule has 108 valence electrons. The van der Waals surface area contributed by atoms with Crippen LogP contribution in [0.15, 0.2) is 59.8 Å². The Morgan fingerprint density at radius 2 is 2.00 bits per heavy atom. The number of aromatic nitrogens is 2. The van der Waals surface area contributed by atoms with E-state index in [1.807, 2.05) is 29.0 Å². The summed E-state index contributed by atoms with van der Waals surface area (Å²) in [4.78, 5) is 1.30. The average molecular weight is 297 g/mol.